The van der Waals surface area contributed by atoms with E-state index in [1.165, 1.54) is 59.8 Å². The quantitative estimate of drug-likeness (QED) is 0.156. The molecule has 0 amide bonds. The lowest BCUT2D eigenvalue weighted by Crippen LogP contribution is -1.98. The van der Waals surface area contributed by atoms with Crippen LogP contribution in [-0.4, -0.2) is 15.0 Å². The van der Waals surface area contributed by atoms with Crippen LogP contribution in [0.15, 0.2) is 249 Å². The Hall–Kier alpha value is -9.31. The van der Waals surface area contributed by atoms with E-state index >= 15 is 0 Å². The van der Waals surface area contributed by atoms with Crippen molar-refractivity contribution in [2.45, 2.75) is 0 Å². The molecule has 3 nitrogen and oxygen atoms in total. The van der Waals surface area contributed by atoms with Crippen molar-refractivity contribution in [2.75, 3.05) is 0 Å². The average Bonchev–Trinajstić information content (AvgIpc) is 3.43. The summed E-state index contributed by atoms with van der Waals surface area (Å²) in [5, 5.41) is 12.9. The van der Waals surface area contributed by atoms with Gasteiger partial charge in [-0.15, -0.1) is 0 Å². The second-order valence-corrected chi connectivity index (χ2v) is 18.2. The van der Waals surface area contributed by atoms with Crippen LogP contribution >= 0.6 is 0 Å². The van der Waals surface area contributed by atoms with E-state index in [1.54, 1.807) is 0 Å². The molecule has 2 aromatic heterocycles. The number of rotatable bonds is 6. The van der Waals surface area contributed by atoms with Crippen LogP contribution in [0.4, 0.5) is 0 Å². The Balaban J connectivity index is 1.03. The highest BCUT2D eigenvalue weighted by Gasteiger charge is 2.21. The molecule has 3 heteroatoms. The van der Waals surface area contributed by atoms with Gasteiger partial charge >= 0.3 is 0 Å². The Bertz CT molecular complexity index is 4280. The lowest BCUT2D eigenvalue weighted by atomic mass is 9.89. The van der Waals surface area contributed by atoms with Gasteiger partial charge in [-0.05, 0) is 107 Å². The molecule has 0 aliphatic carbocycles. The molecule has 70 heavy (non-hydrogen) atoms. The third kappa shape index (κ3) is 6.55. The number of hydrogen-bond donors (Lipinski definition) is 0. The third-order valence-corrected chi connectivity index (χ3v) is 14.2. The fraction of sp³-hybridized carbons (Fsp3) is 0. The third-order valence-electron chi connectivity index (χ3n) is 14.2. The molecule has 0 saturated carbocycles. The molecule has 324 valence electrons. The smallest absolute Gasteiger partial charge is 0.160 e. The Kier molecular flexibility index (Phi) is 9.21. The van der Waals surface area contributed by atoms with Crippen LogP contribution in [0, 0.1) is 0 Å². The summed E-state index contributed by atoms with van der Waals surface area (Å²) < 4.78 is 0. The van der Waals surface area contributed by atoms with Gasteiger partial charge in [0.15, 0.2) is 5.82 Å². The number of para-hydroxylation sites is 2. The van der Waals surface area contributed by atoms with E-state index in [9.17, 15) is 0 Å². The fourth-order valence-corrected chi connectivity index (χ4v) is 10.9. The van der Waals surface area contributed by atoms with Crippen LogP contribution in [-0.2, 0) is 0 Å². The first-order valence-electron chi connectivity index (χ1n) is 23.9. The highest BCUT2D eigenvalue weighted by atomic mass is 14.9. The molecule has 0 fully saturated rings. The maximum Gasteiger partial charge on any atom is 0.160 e. The lowest BCUT2D eigenvalue weighted by Gasteiger charge is -2.18. The molecule has 14 aromatic rings. The molecule has 2 heterocycles. The number of pyridine rings is 1. The number of nitrogens with zero attached hydrogens (tertiary/aromatic N) is 3. The van der Waals surface area contributed by atoms with Crippen molar-refractivity contribution >= 4 is 75.8 Å². The van der Waals surface area contributed by atoms with Crippen LogP contribution in [0.3, 0.4) is 0 Å². The van der Waals surface area contributed by atoms with Crippen molar-refractivity contribution in [3.8, 4) is 67.2 Å². The van der Waals surface area contributed by atoms with Gasteiger partial charge in [0, 0.05) is 38.4 Å². The Morgan fingerprint density at radius 1 is 0.229 bits per heavy atom. The molecular formula is C67H41N3. The molecule has 0 unspecified atom stereocenters. The highest BCUT2D eigenvalue weighted by Crippen LogP contribution is 2.44. The summed E-state index contributed by atoms with van der Waals surface area (Å²) in [5.74, 6) is 0.673. The predicted octanol–water partition coefficient (Wildman–Crippen LogP) is 17.9. The number of benzene rings is 12. The molecule has 0 saturated heterocycles. The summed E-state index contributed by atoms with van der Waals surface area (Å²) in [6.07, 6.45) is 0. The summed E-state index contributed by atoms with van der Waals surface area (Å²) in [5.41, 5.74) is 14.9. The second-order valence-electron chi connectivity index (χ2n) is 18.2. The molecule has 0 spiro atoms. The standard InChI is InChI=1S/C67H41N3/c1-5-21-51-42(15-1)19-13-27-53(51)50-40-59(56-28-14-20-43-16-2-6-22-52(43)56)66-60(41-50)65(46-35-31-45(32-36-46)64-57-25-9-11-29-61(57)68-62-30-12-10-26-58(62)64)69-67(70-66)47-37-33-44(34-38-47)63-54-23-7-3-17-48(54)39-49-18-4-8-24-55(49)63/h1-41H. The van der Waals surface area contributed by atoms with Crippen LogP contribution < -0.4 is 0 Å². The highest BCUT2D eigenvalue weighted by molar-refractivity contribution is 6.14. The summed E-state index contributed by atoms with van der Waals surface area (Å²) in [4.78, 5) is 16.3. The normalized spacial score (nSPS) is 11.7. The van der Waals surface area contributed by atoms with E-state index < -0.39 is 0 Å². The minimum absolute atomic E-state index is 0.673. The van der Waals surface area contributed by atoms with Gasteiger partial charge in [0.05, 0.1) is 22.2 Å². The van der Waals surface area contributed by atoms with Crippen LogP contribution in [0.2, 0.25) is 0 Å². The van der Waals surface area contributed by atoms with Crippen molar-refractivity contribution in [3.63, 3.8) is 0 Å². The Labute approximate surface area is 404 Å². The summed E-state index contributed by atoms with van der Waals surface area (Å²) in [6, 6.07) is 89.6. The molecule has 0 N–H and O–H groups in total. The van der Waals surface area contributed by atoms with Crippen LogP contribution in [0.25, 0.3) is 143 Å². The maximum atomic E-state index is 5.63. The first kappa shape index (κ1) is 39.8. The largest absolute Gasteiger partial charge is 0.248 e. The first-order valence-corrected chi connectivity index (χ1v) is 23.9. The minimum atomic E-state index is 0.673. The van der Waals surface area contributed by atoms with E-state index in [2.05, 4.69) is 249 Å². The summed E-state index contributed by atoms with van der Waals surface area (Å²) >= 11 is 0. The number of fused-ring (bicyclic) bond motifs is 7. The molecule has 0 radical (unpaired) electrons. The van der Waals surface area contributed by atoms with E-state index in [0.717, 1.165) is 77.3 Å². The topological polar surface area (TPSA) is 38.7 Å². The van der Waals surface area contributed by atoms with Gasteiger partial charge in [-0.25, -0.2) is 15.0 Å². The first-order chi connectivity index (χ1) is 34.7. The van der Waals surface area contributed by atoms with E-state index in [1.807, 2.05) is 0 Å². The Morgan fingerprint density at radius 2 is 0.671 bits per heavy atom. The zero-order chi connectivity index (χ0) is 46.1. The average molecular weight is 888 g/mol. The van der Waals surface area contributed by atoms with Gasteiger partial charge in [-0.3, -0.25) is 0 Å². The predicted molar refractivity (Wildman–Crippen MR) is 295 cm³/mol. The molecule has 0 atom stereocenters. The maximum absolute atomic E-state index is 5.63. The number of hydrogen-bond acceptors (Lipinski definition) is 3. The SMILES string of the molecule is c1ccc2c(-c3cc(-c4cccc5ccccc45)c4nc(-c5ccc(-c6c7ccccc7cc7ccccc67)cc5)nc(-c5ccc(-c6c7ccccc7nc7ccccc67)cc5)c4c3)cccc2c1. The number of aromatic nitrogens is 3. The second kappa shape index (κ2) is 16.2. The van der Waals surface area contributed by atoms with Gasteiger partial charge < -0.3 is 0 Å². The molecule has 0 aliphatic heterocycles. The van der Waals surface area contributed by atoms with Gasteiger partial charge in [0.1, 0.15) is 0 Å². The molecular weight excluding hydrogens is 847 g/mol. The molecule has 12 aromatic carbocycles. The Morgan fingerprint density at radius 3 is 1.27 bits per heavy atom. The zero-order valence-electron chi connectivity index (χ0n) is 38.0. The minimum Gasteiger partial charge on any atom is -0.248 e. The van der Waals surface area contributed by atoms with Crippen molar-refractivity contribution < 1.29 is 0 Å². The lowest BCUT2D eigenvalue weighted by molar-refractivity contribution is 1.23. The molecule has 14 rings (SSSR count). The van der Waals surface area contributed by atoms with Crippen LogP contribution in [0.5, 0.6) is 0 Å². The van der Waals surface area contributed by atoms with E-state index in [0.29, 0.717) is 5.82 Å². The molecule has 0 bridgehead atoms. The monoisotopic (exact) mass is 887 g/mol. The fourth-order valence-electron chi connectivity index (χ4n) is 10.9. The van der Waals surface area contributed by atoms with Crippen molar-refractivity contribution in [2.24, 2.45) is 0 Å². The van der Waals surface area contributed by atoms with Gasteiger partial charge in [-0.2, -0.15) is 0 Å². The van der Waals surface area contributed by atoms with E-state index in [-0.39, 0.29) is 0 Å². The van der Waals surface area contributed by atoms with Gasteiger partial charge in [0.2, 0.25) is 0 Å². The van der Waals surface area contributed by atoms with Gasteiger partial charge in [-0.1, -0.05) is 218 Å². The van der Waals surface area contributed by atoms with Crippen molar-refractivity contribution in [3.05, 3.63) is 249 Å². The summed E-state index contributed by atoms with van der Waals surface area (Å²) in [7, 11) is 0. The van der Waals surface area contributed by atoms with Crippen molar-refractivity contribution in [1.29, 1.82) is 0 Å². The summed E-state index contributed by atoms with van der Waals surface area (Å²) in [6.45, 7) is 0. The molecule has 0 aliphatic rings. The van der Waals surface area contributed by atoms with Crippen LogP contribution in [0.1, 0.15) is 0 Å². The van der Waals surface area contributed by atoms with Gasteiger partial charge in [0.25, 0.3) is 0 Å². The van der Waals surface area contributed by atoms with E-state index in [4.69, 9.17) is 15.0 Å². The van der Waals surface area contributed by atoms with Crippen molar-refractivity contribution in [1.82, 2.24) is 15.0 Å². The zero-order valence-corrected chi connectivity index (χ0v) is 38.0.